The van der Waals surface area contributed by atoms with E-state index in [0.717, 1.165) is 31.4 Å². The highest BCUT2D eigenvalue weighted by molar-refractivity contribution is 5.27. The largest absolute Gasteiger partial charge is 0.378 e. The van der Waals surface area contributed by atoms with Gasteiger partial charge in [-0.25, -0.2) is 13.2 Å². The number of benzene rings is 1. The van der Waals surface area contributed by atoms with E-state index in [1.54, 1.807) is 0 Å². The first-order valence-corrected chi connectivity index (χ1v) is 8.53. The van der Waals surface area contributed by atoms with Crippen LogP contribution in [0.3, 0.4) is 0 Å². The second-order valence-corrected chi connectivity index (χ2v) is 6.70. The molecule has 0 aliphatic rings. The van der Waals surface area contributed by atoms with Crippen LogP contribution in [0.15, 0.2) is 12.1 Å². The minimum atomic E-state index is -0.891. The van der Waals surface area contributed by atoms with Gasteiger partial charge < -0.3 is 4.74 Å². The van der Waals surface area contributed by atoms with Crippen LogP contribution in [0.4, 0.5) is 13.2 Å². The summed E-state index contributed by atoms with van der Waals surface area (Å²) in [6.07, 6.45) is 7.24. The molecular formula is C19H29F3O. The van der Waals surface area contributed by atoms with Crippen molar-refractivity contribution in [2.75, 3.05) is 7.11 Å². The molecule has 132 valence electrons. The molecule has 1 aromatic carbocycles. The Kier molecular flexibility index (Phi) is 8.10. The summed E-state index contributed by atoms with van der Waals surface area (Å²) in [5, 5.41) is 0. The van der Waals surface area contributed by atoms with Gasteiger partial charge in [0.25, 0.3) is 0 Å². The van der Waals surface area contributed by atoms with Crippen LogP contribution in [-0.4, -0.2) is 12.7 Å². The quantitative estimate of drug-likeness (QED) is 0.453. The van der Waals surface area contributed by atoms with Gasteiger partial charge in [0.05, 0.1) is 5.60 Å². The molecule has 23 heavy (non-hydrogen) atoms. The van der Waals surface area contributed by atoms with E-state index in [4.69, 9.17) is 4.74 Å². The molecular weight excluding hydrogens is 301 g/mol. The standard InChI is InChI=1S/C19H29F3O/c1-5-6-7-8-9-10-11-15(19(2,3)23-4)18-16(21)12-14(20)13-17(18)22/h12-13,15H,5-11H2,1-4H3. The van der Waals surface area contributed by atoms with Gasteiger partial charge in [0.15, 0.2) is 0 Å². The molecule has 0 amide bonds. The predicted molar refractivity (Wildman–Crippen MR) is 88.1 cm³/mol. The molecule has 0 heterocycles. The summed E-state index contributed by atoms with van der Waals surface area (Å²) in [4.78, 5) is 0. The lowest BCUT2D eigenvalue weighted by Gasteiger charge is -2.34. The fourth-order valence-corrected chi connectivity index (χ4v) is 3.00. The zero-order valence-corrected chi connectivity index (χ0v) is 14.7. The number of rotatable bonds is 10. The summed E-state index contributed by atoms with van der Waals surface area (Å²) in [5.41, 5.74) is -0.782. The number of hydrogen-bond donors (Lipinski definition) is 0. The lowest BCUT2D eigenvalue weighted by Crippen LogP contribution is -2.33. The van der Waals surface area contributed by atoms with Crippen LogP contribution < -0.4 is 0 Å². The molecule has 1 unspecified atom stereocenters. The van der Waals surface area contributed by atoms with E-state index in [0.29, 0.717) is 6.42 Å². The summed E-state index contributed by atoms with van der Waals surface area (Å²) in [6.45, 7) is 5.80. The highest BCUT2D eigenvalue weighted by atomic mass is 19.1. The van der Waals surface area contributed by atoms with Crippen molar-refractivity contribution in [1.82, 2.24) is 0 Å². The van der Waals surface area contributed by atoms with E-state index in [9.17, 15) is 13.2 Å². The van der Waals surface area contributed by atoms with Crippen LogP contribution in [-0.2, 0) is 4.74 Å². The van der Waals surface area contributed by atoms with Gasteiger partial charge in [-0.3, -0.25) is 0 Å². The molecule has 1 rings (SSSR count). The Morgan fingerprint density at radius 3 is 2.00 bits per heavy atom. The third kappa shape index (κ3) is 5.83. The van der Waals surface area contributed by atoms with E-state index in [1.807, 2.05) is 13.8 Å². The Balaban J connectivity index is 2.86. The first-order valence-electron chi connectivity index (χ1n) is 8.53. The Bertz CT molecular complexity index is 462. The van der Waals surface area contributed by atoms with E-state index < -0.39 is 29.0 Å². The van der Waals surface area contributed by atoms with Gasteiger partial charge in [-0.1, -0.05) is 45.4 Å². The first-order chi connectivity index (χ1) is 10.8. The summed E-state index contributed by atoms with van der Waals surface area (Å²) in [6, 6.07) is 1.50. The monoisotopic (exact) mass is 330 g/mol. The molecule has 0 radical (unpaired) electrons. The van der Waals surface area contributed by atoms with Crippen molar-refractivity contribution < 1.29 is 17.9 Å². The molecule has 1 aromatic rings. The molecule has 1 atom stereocenters. The molecule has 0 saturated heterocycles. The average molecular weight is 330 g/mol. The maximum atomic E-state index is 14.2. The van der Waals surface area contributed by atoms with Gasteiger partial charge in [-0.2, -0.15) is 0 Å². The van der Waals surface area contributed by atoms with Crippen molar-refractivity contribution in [3.63, 3.8) is 0 Å². The number of unbranched alkanes of at least 4 members (excludes halogenated alkanes) is 5. The first kappa shape index (κ1) is 20.0. The summed E-state index contributed by atoms with van der Waals surface area (Å²) in [5.74, 6) is -3.00. The van der Waals surface area contributed by atoms with Crippen LogP contribution in [0.2, 0.25) is 0 Å². The third-order valence-electron chi connectivity index (χ3n) is 4.60. The number of methoxy groups -OCH3 is 1. The van der Waals surface area contributed by atoms with Crippen molar-refractivity contribution in [2.45, 2.75) is 77.2 Å². The minimum Gasteiger partial charge on any atom is -0.378 e. The van der Waals surface area contributed by atoms with E-state index in [-0.39, 0.29) is 5.56 Å². The van der Waals surface area contributed by atoms with Crippen LogP contribution in [0.5, 0.6) is 0 Å². The van der Waals surface area contributed by atoms with Crippen LogP contribution in [0, 0.1) is 17.5 Å². The summed E-state index contributed by atoms with van der Waals surface area (Å²) in [7, 11) is 1.54. The van der Waals surface area contributed by atoms with E-state index in [1.165, 1.54) is 26.4 Å². The smallest absolute Gasteiger partial charge is 0.132 e. The third-order valence-corrected chi connectivity index (χ3v) is 4.60. The van der Waals surface area contributed by atoms with Crippen LogP contribution in [0.25, 0.3) is 0 Å². The molecule has 0 bridgehead atoms. The lowest BCUT2D eigenvalue weighted by atomic mass is 9.80. The second kappa shape index (κ2) is 9.31. The maximum absolute atomic E-state index is 14.2. The van der Waals surface area contributed by atoms with Gasteiger partial charge in [-0.05, 0) is 20.3 Å². The van der Waals surface area contributed by atoms with Gasteiger partial charge in [0.2, 0.25) is 0 Å². The fraction of sp³-hybridized carbons (Fsp3) is 0.684. The van der Waals surface area contributed by atoms with E-state index >= 15 is 0 Å². The van der Waals surface area contributed by atoms with E-state index in [2.05, 4.69) is 6.92 Å². The molecule has 0 spiro atoms. The van der Waals surface area contributed by atoms with Crippen molar-refractivity contribution in [1.29, 1.82) is 0 Å². The SMILES string of the molecule is CCCCCCCCC(c1c(F)cc(F)cc1F)C(C)(C)OC. The number of ether oxygens (including phenoxy) is 1. The van der Waals surface area contributed by atoms with Crippen molar-refractivity contribution in [3.05, 3.63) is 35.1 Å². The van der Waals surface area contributed by atoms with Crippen molar-refractivity contribution in [3.8, 4) is 0 Å². The Morgan fingerprint density at radius 2 is 1.48 bits per heavy atom. The Morgan fingerprint density at radius 1 is 0.957 bits per heavy atom. The Labute approximate surface area is 138 Å². The lowest BCUT2D eigenvalue weighted by molar-refractivity contribution is -0.00639. The summed E-state index contributed by atoms with van der Waals surface area (Å²) < 4.78 is 47.0. The van der Waals surface area contributed by atoms with Gasteiger partial charge in [0, 0.05) is 30.7 Å². The molecule has 0 aromatic heterocycles. The Hall–Kier alpha value is -1.03. The predicted octanol–water partition coefficient (Wildman–Crippen LogP) is 6.36. The molecule has 4 heteroatoms. The van der Waals surface area contributed by atoms with Crippen LogP contribution in [0.1, 0.15) is 77.2 Å². The fourth-order valence-electron chi connectivity index (χ4n) is 3.00. The molecule has 0 fully saturated rings. The van der Waals surface area contributed by atoms with Gasteiger partial charge in [-0.15, -0.1) is 0 Å². The average Bonchev–Trinajstić information content (AvgIpc) is 2.47. The summed E-state index contributed by atoms with van der Waals surface area (Å²) >= 11 is 0. The maximum Gasteiger partial charge on any atom is 0.132 e. The van der Waals surface area contributed by atoms with Gasteiger partial charge >= 0.3 is 0 Å². The topological polar surface area (TPSA) is 9.23 Å². The number of halogens is 3. The zero-order valence-electron chi connectivity index (χ0n) is 14.7. The van der Waals surface area contributed by atoms with Gasteiger partial charge in [0.1, 0.15) is 17.5 Å². The molecule has 0 N–H and O–H groups in total. The molecule has 0 aliphatic heterocycles. The van der Waals surface area contributed by atoms with Crippen LogP contribution >= 0.6 is 0 Å². The number of hydrogen-bond acceptors (Lipinski definition) is 1. The molecule has 0 aliphatic carbocycles. The van der Waals surface area contributed by atoms with Crippen molar-refractivity contribution in [2.24, 2.45) is 0 Å². The second-order valence-electron chi connectivity index (χ2n) is 6.70. The van der Waals surface area contributed by atoms with Crippen molar-refractivity contribution >= 4 is 0 Å². The molecule has 0 saturated carbocycles. The zero-order chi connectivity index (χ0) is 17.5. The highest BCUT2D eigenvalue weighted by Gasteiger charge is 2.34. The highest BCUT2D eigenvalue weighted by Crippen LogP contribution is 2.38. The normalized spacial score (nSPS) is 13.3. The minimum absolute atomic E-state index is 0.0631. The molecule has 1 nitrogen and oxygen atoms in total.